The van der Waals surface area contributed by atoms with Crippen LogP contribution >= 0.6 is 0 Å². The van der Waals surface area contributed by atoms with E-state index < -0.39 is 0 Å². The van der Waals surface area contributed by atoms with Crippen molar-refractivity contribution in [1.82, 2.24) is 10.2 Å². The van der Waals surface area contributed by atoms with E-state index in [1.165, 1.54) is 32.2 Å². The third kappa shape index (κ3) is 5.83. The van der Waals surface area contributed by atoms with Crippen LogP contribution in [0, 0.1) is 0 Å². The van der Waals surface area contributed by atoms with Gasteiger partial charge in [-0.05, 0) is 58.8 Å². The maximum atomic E-state index is 5.66. The molecule has 1 atom stereocenters. The summed E-state index contributed by atoms with van der Waals surface area (Å²) in [7, 11) is 2.23. The molecule has 1 saturated heterocycles. The van der Waals surface area contributed by atoms with Crippen LogP contribution in [0.5, 0.6) is 0 Å². The van der Waals surface area contributed by atoms with Crippen LogP contribution < -0.4 is 5.32 Å². The molecule has 1 fully saturated rings. The summed E-state index contributed by atoms with van der Waals surface area (Å²) in [6.45, 7) is 7.53. The highest BCUT2D eigenvalue weighted by Crippen LogP contribution is 2.17. The van der Waals surface area contributed by atoms with Crippen molar-refractivity contribution in [2.75, 3.05) is 39.9 Å². The number of likely N-dealkylation sites (tertiary alicyclic amines) is 1. The predicted octanol–water partition coefficient (Wildman–Crippen LogP) is 1.88. The molecule has 1 rings (SSSR count). The van der Waals surface area contributed by atoms with Gasteiger partial charge in [-0.25, -0.2) is 0 Å². The molecule has 0 spiro atoms. The highest BCUT2D eigenvalue weighted by Gasteiger charge is 2.19. The lowest BCUT2D eigenvalue weighted by Crippen LogP contribution is -2.26. The molecule has 0 radical (unpaired) electrons. The molecule has 0 aromatic carbocycles. The van der Waals surface area contributed by atoms with Crippen molar-refractivity contribution in [3.63, 3.8) is 0 Å². The summed E-state index contributed by atoms with van der Waals surface area (Å²) in [6, 6.07) is 0.776. The van der Waals surface area contributed by atoms with Crippen LogP contribution in [-0.2, 0) is 4.74 Å². The van der Waals surface area contributed by atoms with E-state index in [4.69, 9.17) is 4.74 Å². The lowest BCUT2D eigenvalue weighted by Gasteiger charge is -2.18. The molecular weight excluding hydrogens is 200 g/mol. The lowest BCUT2D eigenvalue weighted by molar-refractivity contribution is 0.111. The second-order valence-corrected chi connectivity index (χ2v) is 4.78. The lowest BCUT2D eigenvalue weighted by atomic mass is 10.1. The fourth-order valence-corrected chi connectivity index (χ4v) is 2.27. The normalized spacial score (nSPS) is 21.8. The summed E-state index contributed by atoms with van der Waals surface area (Å²) in [5.74, 6) is 0. The first kappa shape index (κ1) is 13.9. The van der Waals surface area contributed by atoms with Crippen molar-refractivity contribution in [2.24, 2.45) is 0 Å². The van der Waals surface area contributed by atoms with E-state index in [9.17, 15) is 0 Å². The summed E-state index contributed by atoms with van der Waals surface area (Å²) in [5.41, 5.74) is 0. The average Bonchev–Trinajstić information content (AvgIpc) is 2.68. The number of rotatable bonds is 9. The van der Waals surface area contributed by atoms with Crippen molar-refractivity contribution in [1.29, 1.82) is 0 Å². The summed E-state index contributed by atoms with van der Waals surface area (Å²) >= 11 is 0. The zero-order valence-corrected chi connectivity index (χ0v) is 11.0. The van der Waals surface area contributed by atoms with E-state index in [0.717, 1.165) is 38.8 Å². The molecule has 1 N–H and O–H groups in total. The summed E-state index contributed by atoms with van der Waals surface area (Å²) < 4.78 is 5.66. The Morgan fingerprint density at radius 2 is 2.19 bits per heavy atom. The van der Waals surface area contributed by atoms with Gasteiger partial charge in [0.2, 0.25) is 0 Å². The van der Waals surface area contributed by atoms with Gasteiger partial charge in [0.05, 0.1) is 0 Å². The van der Waals surface area contributed by atoms with Crippen LogP contribution in [0.1, 0.15) is 39.0 Å². The van der Waals surface area contributed by atoms with Crippen LogP contribution in [0.25, 0.3) is 0 Å². The molecule has 0 aromatic rings. The van der Waals surface area contributed by atoms with Crippen LogP contribution in [0.2, 0.25) is 0 Å². The molecule has 0 saturated carbocycles. The fraction of sp³-hybridized carbons (Fsp3) is 1.00. The first-order chi connectivity index (χ1) is 7.84. The summed E-state index contributed by atoms with van der Waals surface area (Å²) in [4.78, 5) is 2.46. The topological polar surface area (TPSA) is 24.5 Å². The molecule has 0 amide bonds. The van der Waals surface area contributed by atoms with Crippen LogP contribution in [0.15, 0.2) is 0 Å². The molecular formula is C13H28N2O. The van der Waals surface area contributed by atoms with Crippen molar-refractivity contribution < 1.29 is 4.74 Å². The largest absolute Gasteiger partial charge is 0.381 e. The highest BCUT2D eigenvalue weighted by atomic mass is 16.5. The van der Waals surface area contributed by atoms with Gasteiger partial charge in [-0.15, -0.1) is 0 Å². The van der Waals surface area contributed by atoms with Crippen molar-refractivity contribution in [3.05, 3.63) is 0 Å². The van der Waals surface area contributed by atoms with E-state index in [1.54, 1.807) is 0 Å². The van der Waals surface area contributed by atoms with Gasteiger partial charge in [0.25, 0.3) is 0 Å². The van der Waals surface area contributed by atoms with E-state index in [-0.39, 0.29) is 0 Å². The Hall–Kier alpha value is -0.120. The molecule has 1 unspecified atom stereocenters. The quantitative estimate of drug-likeness (QED) is 0.610. The molecule has 3 nitrogen and oxygen atoms in total. The molecule has 0 aliphatic carbocycles. The predicted molar refractivity (Wildman–Crippen MR) is 68.9 cm³/mol. The molecule has 0 aromatic heterocycles. The maximum Gasteiger partial charge on any atom is 0.0480 e. The van der Waals surface area contributed by atoms with Gasteiger partial charge in [-0.3, -0.25) is 0 Å². The summed E-state index contributed by atoms with van der Waals surface area (Å²) in [6.07, 6.45) is 6.29. The Labute approximate surface area is 101 Å². The van der Waals surface area contributed by atoms with E-state index in [0.29, 0.717) is 0 Å². The summed E-state index contributed by atoms with van der Waals surface area (Å²) in [5, 5.41) is 3.39. The van der Waals surface area contributed by atoms with E-state index in [1.807, 2.05) is 0 Å². The first-order valence-electron chi connectivity index (χ1n) is 6.83. The third-order valence-corrected chi connectivity index (χ3v) is 3.34. The first-order valence-corrected chi connectivity index (χ1v) is 6.83. The Morgan fingerprint density at radius 3 is 2.88 bits per heavy atom. The minimum atomic E-state index is 0.776. The van der Waals surface area contributed by atoms with Gasteiger partial charge in [-0.2, -0.15) is 0 Å². The zero-order valence-electron chi connectivity index (χ0n) is 11.0. The van der Waals surface area contributed by atoms with Crippen molar-refractivity contribution in [2.45, 2.75) is 45.1 Å². The molecule has 16 heavy (non-hydrogen) atoms. The Morgan fingerprint density at radius 1 is 1.31 bits per heavy atom. The number of ether oxygens (including phenoxy) is 1. The minimum absolute atomic E-state index is 0.776. The van der Waals surface area contributed by atoms with Crippen LogP contribution in [0.3, 0.4) is 0 Å². The molecule has 0 bridgehead atoms. The Bertz CT molecular complexity index is 164. The number of nitrogens with one attached hydrogen (secondary N) is 1. The maximum absolute atomic E-state index is 5.66. The van der Waals surface area contributed by atoms with Crippen LogP contribution in [-0.4, -0.2) is 50.8 Å². The highest BCUT2D eigenvalue weighted by molar-refractivity contribution is 4.75. The van der Waals surface area contributed by atoms with Gasteiger partial charge < -0.3 is 15.0 Å². The van der Waals surface area contributed by atoms with Gasteiger partial charge in [0.15, 0.2) is 0 Å². The molecule has 1 aliphatic rings. The average molecular weight is 228 g/mol. The van der Waals surface area contributed by atoms with Gasteiger partial charge in [0.1, 0.15) is 0 Å². The smallest absolute Gasteiger partial charge is 0.0480 e. The monoisotopic (exact) mass is 228 g/mol. The van der Waals surface area contributed by atoms with Gasteiger partial charge in [0, 0.05) is 19.3 Å². The van der Waals surface area contributed by atoms with Gasteiger partial charge in [-0.1, -0.05) is 6.92 Å². The minimum Gasteiger partial charge on any atom is -0.381 e. The Balaban J connectivity index is 1.81. The number of hydrogen-bond acceptors (Lipinski definition) is 3. The van der Waals surface area contributed by atoms with E-state index in [2.05, 4.69) is 24.2 Å². The fourth-order valence-electron chi connectivity index (χ4n) is 2.27. The second-order valence-electron chi connectivity index (χ2n) is 4.78. The SMILES string of the molecule is CCCNCCCOCCC1CCCN1C. The zero-order chi connectivity index (χ0) is 11.6. The van der Waals surface area contributed by atoms with Gasteiger partial charge >= 0.3 is 0 Å². The van der Waals surface area contributed by atoms with Crippen LogP contribution in [0.4, 0.5) is 0 Å². The molecule has 96 valence electrons. The molecule has 1 heterocycles. The Kier molecular flexibility index (Phi) is 7.81. The third-order valence-electron chi connectivity index (χ3n) is 3.34. The van der Waals surface area contributed by atoms with E-state index >= 15 is 0 Å². The van der Waals surface area contributed by atoms with Crippen molar-refractivity contribution >= 4 is 0 Å². The number of hydrogen-bond donors (Lipinski definition) is 1. The van der Waals surface area contributed by atoms with Crippen molar-refractivity contribution in [3.8, 4) is 0 Å². The standard InChI is InChI=1S/C13H28N2O/c1-3-8-14-9-5-11-16-12-7-13-6-4-10-15(13)2/h13-14H,3-12H2,1-2H3. The number of nitrogens with zero attached hydrogens (tertiary/aromatic N) is 1. The molecule has 1 aliphatic heterocycles. The molecule has 3 heteroatoms. The second kappa shape index (κ2) is 8.97.